The molecule has 5 atom stereocenters. The summed E-state index contributed by atoms with van der Waals surface area (Å²) >= 11 is 0. The fraction of sp³-hybridized carbons (Fsp3) is 0.955. The van der Waals surface area contributed by atoms with Gasteiger partial charge in [-0.1, -0.05) is 433 Å². The Kier molecular flexibility index (Phi) is 80.2. The van der Waals surface area contributed by atoms with Crippen LogP contribution in [0.3, 0.4) is 0 Å². The molecule has 108 heavy (non-hydrogen) atoms. The van der Waals surface area contributed by atoms with Crippen molar-refractivity contribution in [2.75, 3.05) is 39.6 Å². The molecule has 0 spiro atoms. The Hall–Kier alpha value is -1.94. The summed E-state index contributed by atoms with van der Waals surface area (Å²) in [5, 5.41) is 10.7. The Balaban J connectivity index is 5.23. The van der Waals surface area contributed by atoms with Crippen molar-refractivity contribution in [3.8, 4) is 0 Å². The lowest BCUT2D eigenvalue weighted by Crippen LogP contribution is -2.30. The van der Waals surface area contributed by atoms with Crippen LogP contribution in [0.25, 0.3) is 0 Å². The summed E-state index contributed by atoms with van der Waals surface area (Å²) in [6.45, 7) is 7.42. The molecule has 0 aliphatic carbocycles. The van der Waals surface area contributed by atoms with Crippen molar-refractivity contribution in [1.29, 1.82) is 0 Å². The Morgan fingerprint density at radius 1 is 0.250 bits per heavy atom. The lowest BCUT2D eigenvalue weighted by molar-refractivity contribution is -0.161. The van der Waals surface area contributed by atoms with Crippen LogP contribution in [0.2, 0.25) is 0 Å². The van der Waals surface area contributed by atoms with E-state index in [9.17, 15) is 43.2 Å². The van der Waals surface area contributed by atoms with Gasteiger partial charge in [0.1, 0.15) is 19.3 Å². The summed E-state index contributed by atoms with van der Waals surface area (Å²) in [5.41, 5.74) is 0. The molecule has 19 heteroatoms. The maximum Gasteiger partial charge on any atom is 0.472 e. The molecule has 642 valence electrons. The van der Waals surface area contributed by atoms with E-state index in [4.69, 9.17) is 37.0 Å². The van der Waals surface area contributed by atoms with Gasteiger partial charge in [-0.3, -0.25) is 37.3 Å². The van der Waals surface area contributed by atoms with Gasteiger partial charge in [-0.2, -0.15) is 0 Å². The van der Waals surface area contributed by atoms with Crippen molar-refractivity contribution in [3.05, 3.63) is 0 Å². The quantitative estimate of drug-likeness (QED) is 0.0222. The smallest absolute Gasteiger partial charge is 0.462 e. The molecule has 3 N–H and O–H groups in total. The van der Waals surface area contributed by atoms with Gasteiger partial charge in [0, 0.05) is 25.7 Å². The first-order valence-corrected chi connectivity index (χ1v) is 49.1. The molecule has 0 saturated heterocycles. The van der Waals surface area contributed by atoms with Crippen LogP contribution >= 0.6 is 15.6 Å². The Labute approximate surface area is 664 Å². The lowest BCUT2D eigenvalue weighted by Gasteiger charge is -2.21. The predicted molar refractivity (Wildman–Crippen MR) is 446 cm³/mol. The summed E-state index contributed by atoms with van der Waals surface area (Å²) in [6, 6.07) is 0. The number of phosphoric ester groups is 2. The fourth-order valence-corrected chi connectivity index (χ4v) is 15.6. The van der Waals surface area contributed by atoms with Crippen LogP contribution in [0.1, 0.15) is 484 Å². The number of aliphatic hydroxyl groups is 1. The number of carbonyl (C=O) groups is 4. The number of hydrogen-bond donors (Lipinski definition) is 3. The van der Waals surface area contributed by atoms with E-state index in [2.05, 4.69) is 34.6 Å². The summed E-state index contributed by atoms with van der Waals surface area (Å²) in [4.78, 5) is 73.3. The van der Waals surface area contributed by atoms with E-state index in [1.807, 2.05) is 0 Å². The molecule has 0 radical (unpaired) electrons. The highest BCUT2D eigenvalue weighted by Gasteiger charge is 2.30. The average Bonchev–Trinajstić information content (AvgIpc) is 0.898. The molecule has 0 aromatic heterocycles. The van der Waals surface area contributed by atoms with E-state index >= 15 is 0 Å². The Morgan fingerprint density at radius 2 is 0.426 bits per heavy atom. The highest BCUT2D eigenvalue weighted by Crippen LogP contribution is 2.45. The number of unbranched alkanes of at least 4 members (excludes halogenated alkanes) is 61. The first-order chi connectivity index (χ1) is 52.5. The number of ether oxygens (including phenoxy) is 4. The topological polar surface area (TPSA) is 237 Å². The standard InChI is InChI=1S/C89H174O17P2/c1-6-9-12-15-18-21-24-26-28-30-32-34-39-43-48-53-58-63-68-73-87(92)100-79-85(106-89(94)75-70-65-60-55-50-45-41-37-36-38-42-47-51-56-61-66-71-82(4)5)81-104-108(97,98)102-77-83(90)76-101-107(95,96)103-80-84(78-99-86(91)72-67-62-57-52-46-23-20-17-14-11-8-3)105-88(93)74-69-64-59-54-49-44-40-35-33-31-29-27-25-22-19-16-13-10-7-2/h82-85,90H,6-81H2,1-5H3,(H,95,96)(H,97,98)/t83-,84+,85+/m0/s1. The van der Waals surface area contributed by atoms with E-state index in [-0.39, 0.29) is 25.7 Å². The first-order valence-electron chi connectivity index (χ1n) is 46.1. The van der Waals surface area contributed by atoms with Crippen molar-refractivity contribution in [1.82, 2.24) is 0 Å². The van der Waals surface area contributed by atoms with Crippen LogP contribution in [-0.2, 0) is 65.4 Å². The van der Waals surface area contributed by atoms with Crippen LogP contribution in [0.5, 0.6) is 0 Å². The molecule has 0 aromatic rings. The second-order valence-electron chi connectivity index (χ2n) is 32.5. The third kappa shape index (κ3) is 82.1. The van der Waals surface area contributed by atoms with Crippen LogP contribution in [0.4, 0.5) is 0 Å². The summed E-state index contributed by atoms with van der Waals surface area (Å²) in [5.74, 6) is -1.29. The van der Waals surface area contributed by atoms with Crippen molar-refractivity contribution in [2.24, 2.45) is 5.92 Å². The van der Waals surface area contributed by atoms with Crippen LogP contribution in [0, 0.1) is 5.92 Å². The lowest BCUT2D eigenvalue weighted by atomic mass is 10.0. The molecule has 0 amide bonds. The van der Waals surface area contributed by atoms with Crippen molar-refractivity contribution in [3.63, 3.8) is 0 Å². The third-order valence-corrected chi connectivity index (χ3v) is 22.9. The van der Waals surface area contributed by atoms with Crippen LogP contribution < -0.4 is 0 Å². The van der Waals surface area contributed by atoms with Crippen LogP contribution in [-0.4, -0.2) is 96.7 Å². The minimum atomic E-state index is -4.97. The monoisotopic (exact) mass is 1580 g/mol. The highest BCUT2D eigenvalue weighted by molar-refractivity contribution is 7.47. The maximum atomic E-state index is 13.2. The first kappa shape index (κ1) is 106. The van der Waals surface area contributed by atoms with Gasteiger partial charge in [0.05, 0.1) is 26.4 Å². The van der Waals surface area contributed by atoms with E-state index < -0.39 is 97.5 Å². The number of esters is 4. The minimum absolute atomic E-state index is 0.109. The van der Waals surface area contributed by atoms with Gasteiger partial charge in [-0.05, 0) is 31.6 Å². The van der Waals surface area contributed by atoms with Crippen molar-refractivity contribution >= 4 is 39.5 Å². The molecule has 2 unspecified atom stereocenters. The van der Waals surface area contributed by atoms with Crippen molar-refractivity contribution in [2.45, 2.75) is 502 Å². The SMILES string of the molecule is CCCCCCCCCCCCCCCCCCCCCC(=O)OC[C@H](COP(=O)(O)OC[C@@H](O)COP(=O)(O)OC[C@@H](COC(=O)CCCCCCCCCCCCC)OC(=O)CCCCCCCCCCCCCCCCCCCCC)OC(=O)CCCCCCCCCCCCCCCCCCC(C)C. The second-order valence-corrected chi connectivity index (χ2v) is 35.4. The molecule has 0 aliphatic heterocycles. The van der Waals surface area contributed by atoms with E-state index in [0.29, 0.717) is 25.7 Å². The molecular weight excluding hydrogens is 1400 g/mol. The molecule has 0 rings (SSSR count). The van der Waals surface area contributed by atoms with E-state index in [1.54, 1.807) is 0 Å². The molecule has 0 aliphatic rings. The molecule has 0 aromatic carbocycles. The Bertz CT molecular complexity index is 2050. The zero-order chi connectivity index (χ0) is 79.0. The van der Waals surface area contributed by atoms with Gasteiger partial charge in [0.15, 0.2) is 12.2 Å². The summed E-state index contributed by atoms with van der Waals surface area (Å²) < 4.78 is 69.0. The number of aliphatic hydroxyl groups excluding tert-OH is 1. The third-order valence-electron chi connectivity index (χ3n) is 21.0. The van der Waals surface area contributed by atoms with Gasteiger partial charge in [0.2, 0.25) is 0 Å². The van der Waals surface area contributed by atoms with Crippen LogP contribution in [0.15, 0.2) is 0 Å². The van der Waals surface area contributed by atoms with E-state index in [0.717, 1.165) is 95.8 Å². The average molecular weight is 1580 g/mol. The predicted octanol–water partition coefficient (Wildman–Crippen LogP) is 27.5. The number of carbonyl (C=O) groups excluding carboxylic acids is 4. The van der Waals surface area contributed by atoms with Gasteiger partial charge in [-0.25, -0.2) is 9.13 Å². The fourth-order valence-electron chi connectivity index (χ4n) is 14.0. The zero-order valence-corrected chi connectivity index (χ0v) is 72.8. The molecule has 0 fully saturated rings. The zero-order valence-electron chi connectivity index (χ0n) is 71.0. The summed E-state index contributed by atoms with van der Waals surface area (Å²) in [7, 11) is -9.93. The van der Waals surface area contributed by atoms with E-state index in [1.165, 1.54) is 308 Å². The van der Waals surface area contributed by atoms with Gasteiger partial charge in [-0.15, -0.1) is 0 Å². The molecule has 0 bridgehead atoms. The maximum absolute atomic E-state index is 13.2. The number of hydrogen-bond acceptors (Lipinski definition) is 15. The number of rotatable bonds is 89. The normalized spacial score (nSPS) is 13.7. The largest absolute Gasteiger partial charge is 0.472 e. The second kappa shape index (κ2) is 81.6. The molecular formula is C89H174O17P2. The molecule has 0 saturated carbocycles. The van der Waals surface area contributed by atoms with Gasteiger partial charge < -0.3 is 33.8 Å². The van der Waals surface area contributed by atoms with Gasteiger partial charge >= 0.3 is 39.5 Å². The van der Waals surface area contributed by atoms with Crippen molar-refractivity contribution < 1.29 is 80.2 Å². The highest BCUT2D eigenvalue weighted by atomic mass is 31.2. The molecule has 0 heterocycles. The number of phosphoric acid groups is 2. The van der Waals surface area contributed by atoms with Gasteiger partial charge in [0.25, 0.3) is 0 Å². The Morgan fingerprint density at radius 3 is 0.630 bits per heavy atom. The minimum Gasteiger partial charge on any atom is -0.462 e. The summed E-state index contributed by atoms with van der Waals surface area (Å²) in [6.07, 6.45) is 76.4. The molecule has 17 nitrogen and oxygen atoms in total.